The summed E-state index contributed by atoms with van der Waals surface area (Å²) >= 11 is 1.67. The van der Waals surface area contributed by atoms with E-state index in [1.54, 1.807) is 11.8 Å². The van der Waals surface area contributed by atoms with E-state index in [1.807, 2.05) is 31.2 Å². The molecule has 3 nitrogen and oxygen atoms in total. The first-order valence-corrected chi connectivity index (χ1v) is 7.91. The Labute approximate surface area is 129 Å². The highest BCUT2D eigenvalue weighted by atomic mass is 32.2. The van der Waals surface area contributed by atoms with Gasteiger partial charge in [-0.25, -0.2) is 4.98 Å². The number of fused-ring (bicyclic) bond motifs is 1. The average Bonchev–Trinajstić information content (AvgIpc) is 2.83. The number of imidazole rings is 1. The number of H-pyrrole nitrogens is 1. The van der Waals surface area contributed by atoms with Gasteiger partial charge < -0.3 is 10.7 Å². The SMILES string of the molecule is Cc1cc(CC(C)N)ccc1Sc1nc2ccccc2[nH]1. The van der Waals surface area contributed by atoms with Gasteiger partial charge in [-0.3, -0.25) is 0 Å². The largest absolute Gasteiger partial charge is 0.333 e. The molecule has 0 aliphatic heterocycles. The van der Waals surface area contributed by atoms with Crippen molar-refractivity contribution in [2.24, 2.45) is 5.73 Å². The zero-order chi connectivity index (χ0) is 14.8. The smallest absolute Gasteiger partial charge is 0.171 e. The first-order chi connectivity index (χ1) is 10.1. The number of nitrogens with one attached hydrogen (secondary N) is 1. The molecule has 0 fully saturated rings. The quantitative estimate of drug-likeness (QED) is 0.767. The van der Waals surface area contributed by atoms with E-state index < -0.39 is 0 Å². The lowest BCUT2D eigenvalue weighted by Crippen LogP contribution is -2.17. The lowest BCUT2D eigenvalue weighted by Gasteiger charge is -2.09. The van der Waals surface area contributed by atoms with Crippen LogP contribution >= 0.6 is 11.8 Å². The van der Waals surface area contributed by atoms with E-state index in [-0.39, 0.29) is 6.04 Å². The molecule has 0 aliphatic carbocycles. The van der Waals surface area contributed by atoms with Crippen LogP contribution in [0, 0.1) is 6.92 Å². The third kappa shape index (κ3) is 3.28. The van der Waals surface area contributed by atoms with Crippen molar-refractivity contribution in [3.8, 4) is 0 Å². The summed E-state index contributed by atoms with van der Waals surface area (Å²) in [6.45, 7) is 4.17. The second-order valence-corrected chi connectivity index (χ2v) is 6.47. The molecule has 3 rings (SSSR count). The van der Waals surface area contributed by atoms with Crippen LogP contribution in [0.4, 0.5) is 0 Å². The summed E-state index contributed by atoms with van der Waals surface area (Å²) in [6, 6.07) is 14.8. The van der Waals surface area contributed by atoms with Crippen molar-refractivity contribution >= 4 is 22.8 Å². The monoisotopic (exact) mass is 297 g/mol. The van der Waals surface area contributed by atoms with Gasteiger partial charge in [-0.15, -0.1) is 0 Å². The Morgan fingerprint density at radius 2 is 2.05 bits per heavy atom. The number of hydrogen-bond donors (Lipinski definition) is 2. The minimum atomic E-state index is 0.193. The Morgan fingerprint density at radius 1 is 1.24 bits per heavy atom. The summed E-state index contributed by atoms with van der Waals surface area (Å²) in [5, 5.41) is 0.930. The van der Waals surface area contributed by atoms with Crippen molar-refractivity contribution in [3.05, 3.63) is 53.6 Å². The molecule has 0 saturated carbocycles. The highest BCUT2D eigenvalue weighted by molar-refractivity contribution is 7.99. The first kappa shape index (κ1) is 14.2. The van der Waals surface area contributed by atoms with Gasteiger partial charge in [-0.05, 0) is 49.6 Å². The summed E-state index contributed by atoms with van der Waals surface area (Å²) < 4.78 is 0. The molecule has 1 unspecified atom stereocenters. The molecule has 0 radical (unpaired) electrons. The molecular weight excluding hydrogens is 278 g/mol. The minimum absolute atomic E-state index is 0.193. The van der Waals surface area contributed by atoms with E-state index in [0.29, 0.717) is 0 Å². The van der Waals surface area contributed by atoms with E-state index >= 15 is 0 Å². The molecule has 0 amide bonds. The number of rotatable bonds is 4. The van der Waals surface area contributed by atoms with Crippen LogP contribution in [0.2, 0.25) is 0 Å². The number of benzene rings is 2. The number of aromatic nitrogens is 2. The normalized spacial score (nSPS) is 12.7. The maximum absolute atomic E-state index is 5.86. The Hall–Kier alpha value is -1.78. The van der Waals surface area contributed by atoms with E-state index in [4.69, 9.17) is 5.73 Å². The molecule has 3 aromatic rings. The van der Waals surface area contributed by atoms with E-state index in [1.165, 1.54) is 16.0 Å². The van der Waals surface area contributed by atoms with Crippen molar-refractivity contribution in [3.63, 3.8) is 0 Å². The topological polar surface area (TPSA) is 54.7 Å². The van der Waals surface area contributed by atoms with Gasteiger partial charge >= 0.3 is 0 Å². The molecule has 4 heteroatoms. The predicted molar refractivity (Wildman–Crippen MR) is 88.7 cm³/mol. The zero-order valence-electron chi connectivity index (χ0n) is 12.3. The number of aryl methyl sites for hydroxylation is 1. The number of hydrogen-bond acceptors (Lipinski definition) is 3. The second kappa shape index (κ2) is 5.92. The summed E-state index contributed by atoms with van der Waals surface area (Å²) in [6.07, 6.45) is 0.913. The van der Waals surface area contributed by atoms with Crippen LogP contribution in [0.3, 0.4) is 0 Å². The third-order valence-corrected chi connectivity index (χ3v) is 4.44. The van der Waals surface area contributed by atoms with Gasteiger partial charge in [0, 0.05) is 10.9 Å². The molecule has 0 bridgehead atoms. The van der Waals surface area contributed by atoms with Crippen molar-refractivity contribution < 1.29 is 0 Å². The molecule has 1 aromatic heterocycles. The molecule has 2 aromatic carbocycles. The molecule has 3 N–H and O–H groups in total. The fourth-order valence-electron chi connectivity index (χ4n) is 2.41. The average molecular weight is 297 g/mol. The number of nitrogens with two attached hydrogens (primary N) is 1. The van der Waals surface area contributed by atoms with E-state index in [0.717, 1.165) is 22.6 Å². The van der Waals surface area contributed by atoms with Gasteiger partial charge in [0.15, 0.2) is 5.16 Å². The molecule has 1 atom stereocenters. The molecule has 0 spiro atoms. The maximum atomic E-state index is 5.86. The fourth-order valence-corrected chi connectivity index (χ4v) is 3.28. The standard InChI is InChI=1S/C17H19N3S/c1-11-9-13(10-12(2)18)7-8-16(11)21-17-19-14-5-3-4-6-15(14)20-17/h3-9,12H,10,18H2,1-2H3,(H,19,20). The minimum Gasteiger partial charge on any atom is -0.333 e. The first-order valence-electron chi connectivity index (χ1n) is 7.09. The van der Waals surface area contributed by atoms with Crippen LogP contribution in [0.15, 0.2) is 52.5 Å². The van der Waals surface area contributed by atoms with Crippen LogP contribution in [0.5, 0.6) is 0 Å². The number of nitrogens with zero attached hydrogens (tertiary/aromatic N) is 1. The highest BCUT2D eigenvalue weighted by Gasteiger charge is 2.07. The van der Waals surface area contributed by atoms with Crippen molar-refractivity contribution in [1.29, 1.82) is 0 Å². The molecule has 108 valence electrons. The zero-order valence-corrected chi connectivity index (χ0v) is 13.1. The molecule has 0 aliphatic rings. The summed E-state index contributed by atoms with van der Waals surface area (Å²) in [7, 11) is 0. The molecule has 1 heterocycles. The maximum Gasteiger partial charge on any atom is 0.171 e. The number of para-hydroxylation sites is 2. The summed E-state index contributed by atoms with van der Waals surface area (Å²) in [5.41, 5.74) is 10.5. The number of aromatic amines is 1. The van der Waals surface area contributed by atoms with Gasteiger partial charge in [0.05, 0.1) is 11.0 Å². The van der Waals surface area contributed by atoms with Gasteiger partial charge in [-0.1, -0.05) is 36.0 Å². The van der Waals surface area contributed by atoms with Crippen LogP contribution in [-0.2, 0) is 6.42 Å². The van der Waals surface area contributed by atoms with Crippen molar-refractivity contribution in [2.45, 2.75) is 36.4 Å². The fraction of sp³-hybridized carbons (Fsp3) is 0.235. The van der Waals surface area contributed by atoms with Gasteiger partial charge in [0.1, 0.15) is 0 Å². The lowest BCUT2D eigenvalue weighted by molar-refractivity contribution is 0.737. The highest BCUT2D eigenvalue weighted by Crippen LogP contribution is 2.30. The van der Waals surface area contributed by atoms with Crippen LogP contribution in [0.25, 0.3) is 11.0 Å². The Kier molecular flexibility index (Phi) is 3.99. The van der Waals surface area contributed by atoms with E-state index in [9.17, 15) is 0 Å². The van der Waals surface area contributed by atoms with Crippen LogP contribution in [-0.4, -0.2) is 16.0 Å². The summed E-state index contributed by atoms with van der Waals surface area (Å²) in [4.78, 5) is 9.18. The lowest BCUT2D eigenvalue weighted by atomic mass is 10.1. The molecule has 0 saturated heterocycles. The van der Waals surface area contributed by atoms with Gasteiger partial charge in [0.25, 0.3) is 0 Å². The predicted octanol–water partition coefficient (Wildman–Crippen LogP) is 3.91. The molecule has 21 heavy (non-hydrogen) atoms. The summed E-state index contributed by atoms with van der Waals surface area (Å²) in [5.74, 6) is 0. The second-order valence-electron chi connectivity index (χ2n) is 5.44. The van der Waals surface area contributed by atoms with E-state index in [2.05, 4.69) is 35.1 Å². The Balaban J connectivity index is 1.84. The van der Waals surface area contributed by atoms with Crippen molar-refractivity contribution in [2.75, 3.05) is 0 Å². The Bertz CT molecular complexity index is 729. The van der Waals surface area contributed by atoms with Crippen molar-refractivity contribution in [1.82, 2.24) is 9.97 Å². The van der Waals surface area contributed by atoms with Gasteiger partial charge in [0.2, 0.25) is 0 Å². The van der Waals surface area contributed by atoms with Crippen LogP contribution in [0.1, 0.15) is 18.1 Å². The van der Waals surface area contributed by atoms with Gasteiger partial charge in [-0.2, -0.15) is 0 Å². The molecular formula is C17H19N3S. The Morgan fingerprint density at radius 3 is 2.76 bits per heavy atom. The van der Waals surface area contributed by atoms with Crippen LogP contribution < -0.4 is 5.73 Å². The third-order valence-electron chi connectivity index (χ3n) is 3.37.